The number of anilines is 2. The highest BCUT2D eigenvalue weighted by Crippen LogP contribution is 2.31. The molecule has 1 aliphatic heterocycles. The minimum Gasteiger partial charge on any atom is -0.494 e. The highest BCUT2D eigenvalue weighted by atomic mass is 16.6. The average molecular weight is 314 g/mol. The van der Waals surface area contributed by atoms with Crippen LogP contribution < -0.4 is 25.3 Å². The van der Waals surface area contributed by atoms with Gasteiger partial charge in [0.2, 0.25) is 0 Å². The summed E-state index contributed by atoms with van der Waals surface area (Å²) in [6.07, 6.45) is 0. The Balaban J connectivity index is 1.76. The van der Waals surface area contributed by atoms with Crippen LogP contribution >= 0.6 is 0 Å². The first-order valence-electron chi connectivity index (χ1n) is 7.40. The molecule has 2 aromatic rings. The lowest BCUT2D eigenvalue weighted by atomic mass is 10.1. The predicted molar refractivity (Wildman–Crippen MR) is 87.4 cm³/mol. The zero-order valence-electron chi connectivity index (χ0n) is 12.8. The number of ether oxygens (including phenoxy) is 3. The molecule has 0 unspecified atom stereocenters. The molecular formula is C17H18N2O4. The Labute approximate surface area is 134 Å². The van der Waals surface area contributed by atoms with E-state index < -0.39 is 0 Å². The van der Waals surface area contributed by atoms with Crippen LogP contribution in [0.1, 0.15) is 17.3 Å². The third-order valence-corrected chi connectivity index (χ3v) is 3.39. The third-order valence-electron chi connectivity index (χ3n) is 3.39. The molecule has 1 aliphatic rings. The van der Waals surface area contributed by atoms with Gasteiger partial charge in [-0.25, -0.2) is 0 Å². The summed E-state index contributed by atoms with van der Waals surface area (Å²) >= 11 is 0. The van der Waals surface area contributed by atoms with E-state index >= 15 is 0 Å². The number of carbonyl (C=O) groups is 1. The highest BCUT2D eigenvalue weighted by Gasteiger charge is 2.15. The topological polar surface area (TPSA) is 82.8 Å². The zero-order valence-corrected chi connectivity index (χ0v) is 12.8. The molecule has 0 fully saturated rings. The number of nitrogens with two attached hydrogens (primary N) is 1. The predicted octanol–water partition coefficient (Wildman–Crippen LogP) is 2.69. The summed E-state index contributed by atoms with van der Waals surface area (Å²) in [6.45, 7) is 3.45. The summed E-state index contributed by atoms with van der Waals surface area (Å²) < 4.78 is 16.3. The molecular weight excluding hydrogens is 296 g/mol. The van der Waals surface area contributed by atoms with Gasteiger partial charge in [-0.05, 0) is 37.3 Å². The quantitative estimate of drug-likeness (QED) is 0.848. The van der Waals surface area contributed by atoms with Gasteiger partial charge in [0.25, 0.3) is 5.91 Å². The molecule has 6 nitrogen and oxygen atoms in total. The van der Waals surface area contributed by atoms with Crippen LogP contribution in [0.25, 0.3) is 0 Å². The van der Waals surface area contributed by atoms with Crippen molar-refractivity contribution in [2.45, 2.75) is 6.92 Å². The van der Waals surface area contributed by atoms with Crippen molar-refractivity contribution < 1.29 is 19.0 Å². The molecule has 3 N–H and O–H groups in total. The van der Waals surface area contributed by atoms with E-state index in [2.05, 4.69) is 5.32 Å². The van der Waals surface area contributed by atoms with Crippen LogP contribution in [0.3, 0.4) is 0 Å². The first-order chi connectivity index (χ1) is 11.2. The zero-order chi connectivity index (χ0) is 16.2. The molecule has 2 aromatic carbocycles. The number of benzene rings is 2. The molecule has 0 atom stereocenters. The van der Waals surface area contributed by atoms with Crippen LogP contribution in [-0.2, 0) is 0 Å². The molecule has 0 saturated heterocycles. The maximum Gasteiger partial charge on any atom is 0.255 e. The maximum absolute atomic E-state index is 12.4. The molecule has 120 valence electrons. The summed E-state index contributed by atoms with van der Waals surface area (Å²) in [5, 5.41) is 2.79. The fraction of sp³-hybridized carbons (Fsp3) is 0.235. The van der Waals surface area contributed by atoms with Crippen molar-refractivity contribution in [3.8, 4) is 17.2 Å². The van der Waals surface area contributed by atoms with E-state index in [4.69, 9.17) is 19.9 Å². The van der Waals surface area contributed by atoms with Crippen molar-refractivity contribution in [2.75, 3.05) is 30.9 Å². The van der Waals surface area contributed by atoms with Gasteiger partial charge in [0.05, 0.1) is 18.0 Å². The standard InChI is InChI=1S/C17H18N2O4/c1-2-21-12-4-5-14(13(18)10-12)19-17(20)11-3-6-15-16(9-11)23-8-7-22-15/h3-6,9-10H,2,7-8,18H2,1H3,(H,19,20). The Morgan fingerprint density at radius 3 is 2.70 bits per heavy atom. The van der Waals surface area contributed by atoms with Crippen molar-refractivity contribution >= 4 is 17.3 Å². The molecule has 6 heteroatoms. The van der Waals surface area contributed by atoms with Gasteiger partial charge in [-0.2, -0.15) is 0 Å². The molecule has 0 spiro atoms. The number of rotatable bonds is 4. The van der Waals surface area contributed by atoms with Gasteiger partial charge in [0, 0.05) is 11.6 Å². The largest absolute Gasteiger partial charge is 0.494 e. The van der Waals surface area contributed by atoms with Crippen molar-refractivity contribution in [3.63, 3.8) is 0 Å². The van der Waals surface area contributed by atoms with Gasteiger partial charge < -0.3 is 25.3 Å². The average Bonchev–Trinajstić information content (AvgIpc) is 2.57. The number of nitrogen functional groups attached to an aromatic ring is 1. The number of nitrogens with one attached hydrogen (secondary N) is 1. The molecule has 0 aromatic heterocycles. The summed E-state index contributed by atoms with van der Waals surface area (Å²) in [5.74, 6) is 1.62. The van der Waals surface area contributed by atoms with Gasteiger partial charge in [-0.15, -0.1) is 0 Å². The Kier molecular flexibility index (Phi) is 4.23. The fourth-order valence-electron chi connectivity index (χ4n) is 2.29. The van der Waals surface area contributed by atoms with Crippen molar-refractivity contribution in [3.05, 3.63) is 42.0 Å². The van der Waals surface area contributed by atoms with Gasteiger partial charge >= 0.3 is 0 Å². The van der Waals surface area contributed by atoms with Crippen molar-refractivity contribution in [1.29, 1.82) is 0 Å². The molecule has 1 amide bonds. The van der Waals surface area contributed by atoms with Crippen molar-refractivity contribution in [1.82, 2.24) is 0 Å². The first-order valence-corrected chi connectivity index (χ1v) is 7.40. The van der Waals surface area contributed by atoms with E-state index in [1.807, 2.05) is 6.92 Å². The van der Waals surface area contributed by atoms with E-state index in [1.165, 1.54) is 0 Å². The molecule has 23 heavy (non-hydrogen) atoms. The maximum atomic E-state index is 12.4. The second-order valence-corrected chi connectivity index (χ2v) is 4.99. The van der Waals surface area contributed by atoms with Crippen LogP contribution in [0.4, 0.5) is 11.4 Å². The van der Waals surface area contributed by atoms with Crippen LogP contribution in [0.5, 0.6) is 17.2 Å². The Hall–Kier alpha value is -2.89. The number of carbonyl (C=O) groups excluding carboxylic acids is 1. The summed E-state index contributed by atoms with van der Waals surface area (Å²) in [5.41, 5.74) is 7.41. The smallest absolute Gasteiger partial charge is 0.255 e. The van der Waals surface area contributed by atoms with Gasteiger partial charge in [0.15, 0.2) is 11.5 Å². The van der Waals surface area contributed by atoms with E-state index in [0.717, 1.165) is 0 Å². The Morgan fingerprint density at radius 1 is 1.17 bits per heavy atom. The second-order valence-electron chi connectivity index (χ2n) is 4.99. The lowest BCUT2D eigenvalue weighted by Gasteiger charge is -2.18. The van der Waals surface area contributed by atoms with Crippen LogP contribution in [0, 0.1) is 0 Å². The number of hydrogen-bond donors (Lipinski definition) is 2. The normalized spacial score (nSPS) is 12.6. The van der Waals surface area contributed by atoms with E-state index in [1.54, 1.807) is 36.4 Å². The monoisotopic (exact) mass is 314 g/mol. The fourth-order valence-corrected chi connectivity index (χ4v) is 2.29. The molecule has 1 heterocycles. The summed E-state index contributed by atoms with van der Waals surface area (Å²) in [7, 11) is 0. The van der Waals surface area contributed by atoms with Crippen molar-refractivity contribution in [2.24, 2.45) is 0 Å². The Bertz CT molecular complexity index is 731. The van der Waals surface area contributed by atoms with Crippen LogP contribution in [0.2, 0.25) is 0 Å². The van der Waals surface area contributed by atoms with E-state index in [-0.39, 0.29) is 5.91 Å². The second kappa shape index (κ2) is 6.48. The lowest BCUT2D eigenvalue weighted by molar-refractivity contribution is 0.102. The minimum atomic E-state index is -0.266. The first kappa shape index (κ1) is 15.0. The SMILES string of the molecule is CCOc1ccc(NC(=O)c2ccc3c(c2)OCCO3)c(N)c1. The molecule has 0 radical (unpaired) electrons. The van der Waals surface area contributed by atoms with Crippen LogP contribution in [0.15, 0.2) is 36.4 Å². The highest BCUT2D eigenvalue weighted by molar-refractivity contribution is 6.06. The molecule has 0 bridgehead atoms. The van der Waals surface area contributed by atoms with Crippen LogP contribution in [-0.4, -0.2) is 25.7 Å². The molecule has 0 saturated carbocycles. The molecule has 0 aliphatic carbocycles. The summed E-state index contributed by atoms with van der Waals surface area (Å²) in [6, 6.07) is 10.2. The molecule has 3 rings (SSSR count). The lowest BCUT2D eigenvalue weighted by Crippen LogP contribution is -2.17. The summed E-state index contributed by atoms with van der Waals surface area (Å²) in [4.78, 5) is 12.4. The minimum absolute atomic E-state index is 0.266. The van der Waals surface area contributed by atoms with Gasteiger partial charge in [0.1, 0.15) is 19.0 Å². The van der Waals surface area contributed by atoms with E-state index in [9.17, 15) is 4.79 Å². The van der Waals surface area contributed by atoms with Gasteiger partial charge in [-0.3, -0.25) is 4.79 Å². The van der Waals surface area contributed by atoms with Gasteiger partial charge in [-0.1, -0.05) is 0 Å². The van der Waals surface area contributed by atoms with E-state index in [0.29, 0.717) is 54.0 Å². The number of fused-ring (bicyclic) bond motifs is 1. The third kappa shape index (κ3) is 3.31. The Morgan fingerprint density at radius 2 is 1.96 bits per heavy atom. The number of hydrogen-bond acceptors (Lipinski definition) is 5. The number of amides is 1.